The van der Waals surface area contributed by atoms with Crippen molar-refractivity contribution < 1.29 is 13.6 Å². The van der Waals surface area contributed by atoms with E-state index >= 15 is 0 Å². The van der Waals surface area contributed by atoms with E-state index in [9.17, 15) is 13.6 Å². The standard InChI is InChI=1S/C15H11BrClF2NO/c1-7-3-4-11(18)13(14(7)19)15(21)20-12-6-10(17)8(2)5-9(12)16/h3-6H,1-2H3,(H,20,21). The predicted octanol–water partition coefficient (Wildman–Crippen LogP) is 5.25. The lowest BCUT2D eigenvalue weighted by Gasteiger charge is -2.11. The van der Waals surface area contributed by atoms with E-state index in [1.165, 1.54) is 19.1 Å². The number of hydrogen-bond acceptors (Lipinski definition) is 1. The molecule has 0 unspecified atom stereocenters. The number of carbonyl (C=O) groups excluding carboxylic acids is 1. The third-order valence-corrected chi connectivity index (χ3v) is 4.07. The summed E-state index contributed by atoms with van der Waals surface area (Å²) in [6.07, 6.45) is 0. The third kappa shape index (κ3) is 3.24. The number of amides is 1. The van der Waals surface area contributed by atoms with Crippen LogP contribution in [0.15, 0.2) is 28.7 Å². The molecule has 2 aromatic carbocycles. The first-order valence-electron chi connectivity index (χ1n) is 6.03. The molecule has 0 atom stereocenters. The summed E-state index contributed by atoms with van der Waals surface area (Å²) in [5.41, 5.74) is 0.742. The van der Waals surface area contributed by atoms with E-state index in [0.717, 1.165) is 11.6 Å². The van der Waals surface area contributed by atoms with Crippen molar-refractivity contribution >= 4 is 39.1 Å². The molecule has 0 fully saturated rings. The van der Waals surface area contributed by atoms with E-state index < -0.39 is 23.1 Å². The maximum absolute atomic E-state index is 13.9. The molecule has 0 bridgehead atoms. The first-order chi connectivity index (χ1) is 9.81. The van der Waals surface area contributed by atoms with Crippen LogP contribution in [0.25, 0.3) is 0 Å². The molecule has 1 amide bonds. The Balaban J connectivity index is 2.40. The lowest BCUT2D eigenvalue weighted by molar-refractivity contribution is 0.101. The summed E-state index contributed by atoms with van der Waals surface area (Å²) in [6.45, 7) is 3.27. The zero-order chi connectivity index (χ0) is 15.7. The van der Waals surface area contributed by atoms with Crippen LogP contribution >= 0.6 is 27.5 Å². The highest BCUT2D eigenvalue weighted by Gasteiger charge is 2.20. The van der Waals surface area contributed by atoms with Crippen LogP contribution in [0.1, 0.15) is 21.5 Å². The molecule has 21 heavy (non-hydrogen) atoms. The minimum atomic E-state index is -0.912. The van der Waals surface area contributed by atoms with Crippen molar-refractivity contribution in [1.82, 2.24) is 0 Å². The molecule has 0 saturated carbocycles. The Kier molecular flexibility index (Phi) is 4.64. The third-order valence-electron chi connectivity index (χ3n) is 3.01. The fourth-order valence-electron chi connectivity index (χ4n) is 1.79. The fraction of sp³-hybridized carbons (Fsp3) is 0.133. The van der Waals surface area contributed by atoms with Gasteiger partial charge in [-0.2, -0.15) is 0 Å². The number of halogens is 4. The summed E-state index contributed by atoms with van der Waals surface area (Å²) in [4.78, 5) is 12.1. The van der Waals surface area contributed by atoms with Gasteiger partial charge in [0, 0.05) is 9.50 Å². The first kappa shape index (κ1) is 15.9. The summed E-state index contributed by atoms with van der Waals surface area (Å²) >= 11 is 9.26. The second-order valence-corrected chi connectivity index (χ2v) is 5.85. The fourth-order valence-corrected chi connectivity index (χ4v) is 2.51. The van der Waals surface area contributed by atoms with Crippen molar-refractivity contribution in [2.45, 2.75) is 13.8 Å². The van der Waals surface area contributed by atoms with Crippen molar-refractivity contribution in [1.29, 1.82) is 0 Å². The molecular formula is C15H11BrClF2NO. The molecule has 2 rings (SSSR count). The van der Waals surface area contributed by atoms with Crippen LogP contribution in [0.5, 0.6) is 0 Å². The van der Waals surface area contributed by atoms with Crippen molar-refractivity contribution in [2.75, 3.05) is 5.32 Å². The summed E-state index contributed by atoms with van der Waals surface area (Å²) in [5, 5.41) is 2.90. The van der Waals surface area contributed by atoms with Crippen LogP contribution in [0.4, 0.5) is 14.5 Å². The molecule has 1 N–H and O–H groups in total. The van der Waals surface area contributed by atoms with Gasteiger partial charge in [-0.15, -0.1) is 0 Å². The van der Waals surface area contributed by atoms with Gasteiger partial charge >= 0.3 is 0 Å². The highest BCUT2D eigenvalue weighted by molar-refractivity contribution is 9.10. The lowest BCUT2D eigenvalue weighted by Crippen LogP contribution is -2.17. The van der Waals surface area contributed by atoms with Gasteiger partial charge in [0.05, 0.1) is 5.69 Å². The van der Waals surface area contributed by atoms with Crippen LogP contribution in [-0.4, -0.2) is 5.91 Å². The van der Waals surface area contributed by atoms with Gasteiger partial charge in [-0.05, 0) is 59.1 Å². The molecule has 110 valence electrons. The summed E-state index contributed by atoms with van der Waals surface area (Å²) in [5.74, 6) is -2.65. The predicted molar refractivity (Wildman–Crippen MR) is 82.9 cm³/mol. The van der Waals surface area contributed by atoms with E-state index in [4.69, 9.17) is 11.6 Å². The molecule has 0 heterocycles. The molecule has 0 aliphatic rings. The molecular weight excluding hydrogens is 364 g/mol. The minimum Gasteiger partial charge on any atom is -0.321 e. The Labute approximate surface area is 134 Å². The topological polar surface area (TPSA) is 29.1 Å². The van der Waals surface area contributed by atoms with Gasteiger partial charge in [0.15, 0.2) is 0 Å². The molecule has 2 aromatic rings. The average molecular weight is 375 g/mol. The van der Waals surface area contributed by atoms with Gasteiger partial charge in [-0.1, -0.05) is 17.7 Å². The quantitative estimate of drug-likeness (QED) is 0.764. The van der Waals surface area contributed by atoms with Gasteiger partial charge in [0.1, 0.15) is 17.2 Å². The van der Waals surface area contributed by atoms with Crippen molar-refractivity contribution in [2.24, 2.45) is 0 Å². The van der Waals surface area contributed by atoms with Gasteiger partial charge in [0.2, 0.25) is 0 Å². The van der Waals surface area contributed by atoms with Crippen molar-refractivity contribution in [3.05, 3.63) is 62.1 Å². The Morgan fingerprint density at radius 3 is 2.52 bits per heavy atom. The molecule has 0 radical (unpaired) electrons. The average Bonchev–Trinajstić information content (AvgIpc) is 2.41. The maximum Gasteiger partial charge on any atom is 0.261 e. The normalized spacial score (nSPS) is 10.6. The summed E-state index contributed by atoms with van der Waals surface area (Å²) < 4.78 is 28.2. The van der Waals surface area contributed by atoms with Crippen LogP contribution < -0.4 is 5.32 Å². The van der Waals surface area contributed by atoms with Gasteiger partial charge in [-0.25, -0.2) is 8.78 Å². The Bertz CT molecular complexity index is 734. The smallest absolute Gasteiger partial charge is 0.261 e. The summed E-state index contributed by atoms with van der Waals surface area (Å²) in [6, 6.07) is 5.57. The van der Waals surface area contributed by atoms with Crippen LogP contribution in [-0.2, 0) is 0 Å². The van der Waals surface area contributed by atoms with Crippen molar-refractivity contribution in [3.8, 4) is 0 Å². The number of hydrogen-bond donors (Lipinski definition) is 1. The monoisotopic (exact) mass is 373 g/mol. The first-order valence-corrected chi connectivity index (χ1v) is 7.20. The zero-order valence-electron chi connectivity index (χ0n) is 11.2. The van der Waals surface area contributed by atoms with Gasteiger partial charge in [0.25, 0.3) is 5.91 Å². The van der Waals surface area contributed by atoms with Gasteiger partial charge < -0.3 is 5.32 Å². The van der Waals surface area contributed by atoms with Crippen molar-refractivity contribution in [3.63, 3.8) is 0 Å². The number of benzene rings is 2. The molecule has 0 aromatic heterocycles. The number of anilines is 1. The molecule has 0 saturated heterocycles. The van der Waals surface area contributed by atoms with Crippen LogP contribution in [0.2, 0.25) is 5.02 Å². The SMILES string of the molecule is Cc1cc(Br)c(NC(=O)c2c(F)ccc(C)c2F)cc1Cl. The second-order valence-electron chi connectivity index (χ2n) is 4.59. The molecule has 0 aliphatic heterocycles. The molecule has 0 aliphatic carbocycles. The highest BCUT2D eigenvalue weighted by Crippen LogP contribution is 2.30. The number of aryl methyl sites for hydroxylation is 2. The Morgan fingerprint density at radius 1 is 1.19 bits per heavy atom. The van der Waals surface area contributed by atoms with Gasteiger partial charge in [-0.3, -0.25) is 4.79 Å². The maximum atomic E-state index is 13.9. The minimum absolute atomic E-state index is 0.197. The highest BCUT2D eigenvalue weighted by atomic mass is 79.9. The van der Waals surface area contributed by atoms with E-state index in [2.05, 4.69) is 21.2 Å². The zero-order valence-corrected chi connectivity index (χ0v) is 13.6. The van der Waals surface area contributed by atoms with Crippen LogP contribution in [0.3, 0.4) is 0 Å². The lowest BCUT2D eigenvalue weighted by atomic mass is 10.1. The number of nitrogens with one attached hydrogen (secondary N) is 1. The number of rotatable bonds is 2. The second kappa shape index (κ2) is 6.12. The van der Waals surface area contributed by atoms with Crippen LogP contribution in [0, 0.1) is 25.5 Å². The number of carbonyl (C=O) groups is 1. The molecule has 2 nitrogen and oxygen atoms in total. The van der Waals surface area contributed by atoms with E-state index in [0.29, 0.717) is 15.2 Å². The molecule has 6 heteroatoms. The van der Waals surface area contributed by atoms with E-state index in [1.807, 2.05) is 0 Å². The molecule has 0 spiro atoms. The Hall–Kier alpha value is -1.46. The largest absolute Gasteiger partial charge is 0.321 e. The Morgan fingerprint density at radius 2 is 1.86 bits per heavy atom. The van der Waals surface area contributed by atoms with E-state index in [1.54, 1.807) is 13.0 Å². The van der Waals surface area contributed by atoms with E-state index in [-0.39, 0.29) is 5.56 Å². The summed E-state index contributed by atoms with van der Waals surface area (Å²) in [7, 11) is 0.